The predicted octanol–water partition coefficient (Wildman–Crippen LogP) is 2.38. The Morgan fingerprint density at radius 1 is 1.29 bits per heavy atom. The third-order valence-corrected chi connectivity index (χ3v) is 5.25. The lowest BCUT2D eigenvalue weighted by atomic mass is 10.1. The summed E-state index contributed by atoms with van der Waals surface area (Å²) in [4.78, 5) is 5.06. The third-order valence-electron chi connectivity index (χ3n) is 4.57. The molecule has 2 heterocycles. The maximum Gasteiger partial charge on any atom is 0.0594 e. The van der Waals surface area contributed by atoms with Crippen molar-refractivity contribution in [3.05, 3.63) is 28.2 Å². The summed E-state index contributed by atoms with van der Waals surface area (Å²) in [6.07, 6.45) is 1.24. The summed E-state index contributed by atoms with van der Waals surface area (Å²) in [6.45, 7) is 8.17. The van der Waals surface area contributed by atoms with Crippen LogP contribution < -0.4 is 10.6 Å². The minimum atomic E-state index is 0.0631. The van der Waals surface area contributed by atoms with Gasteiger partial charge in [-0.1, -0.05) is 22.0 Å². The third kappa shape index (κ3) is 3.42. The molecule has 0 amide bonds. The summed E-state index contributed by atoms with van der Waals surface area (Å²) < 4.78 is 6.56. The Morgan fingerprint density at radius 2 is 2.05 bits per heavy atom. The van der Waals surface area contributed by atoms with Crippen molar-refractivity contribution >= 4 is 21.6 Å². The summed E-state index contributed by atoms with van der Waals surface area (Å²) in [6, 6.07) is 7.28. The quantitative estimate of drug-likeness (QED) is 0.905. The number of nitrogens with two attached hydrogens (primary N) is 1. The molecule has 0 spiro atoms. The first-order chi connectivity index (χ1) is 10.1. The van der Waals surface area contributed by atoms with Gasteiger partial charge in [-0.25, -0.2) is 0 Å². The molecule has 2 aliphatic rings. The summed E-state index contributed by atoms with van der Waals surface area (Å²) in [7, 11) is 0. The first-order valence-electron chi connectivity index (χ1n) is 7.77. The predicted molar refractivity (Wildman–Crippen MR) is 89.8 cm³/mol. The standard InChI is InChI=1S/C16H24BrN3O/c1-12(18)15-3-2-13(10-16(15)17)20-5-4-14(11-20)19-6-8-21-9-7-19/h2-3,10,12,14H,4-9,11,18H2,1H3. The number of anilines is 1. The summed E-state index contributed by atoms with van der Waals surface area (Å²) in [5.74, 6) is 0. The second-order valence-electron chi connectivity index (χ2n) is 6.03. The lowest BCUT2D eigenvalue weighted by Gasteiger charge is -2.32. The van der Waals surface area contributed by atoms with E-state index in [1.54, 1.807) is 0 Å². The van der Waals surface area contributed by atoms with Crippen molar-refractivity contribution in [2.45, 2.75) is 25.4 Å². The second-order valence-corrected chi connectivity index (χ2v) is 6.89. The first kappa shape index (κ1) is 15.3. The van der Waals surface area contributed by atoms with E-state index in [4.69, 9.17) is 10.5 Å². The minimum absolute atomic E-state index is 0.0631. The fourth-order valence-corrected chi connectivity index (χ4v) is 4.03. The molecule has 2 aliphatic heterocycles. The van der Waals surface area contributed by atoms with E-state index in [2.05, 4.69) is 43.9 Å². The number of benzene rings is 1. The van der Waals surface area contributed by atoms with Gasteiger partial charge in [0.15, 0.2) is 0 Å². The van der Waals surface area contributed by atoms with Crippen molar-refractivity contribution in [1.82, 2.24) is 4.90 Å². The van der Waals surface area contributed by atoms with E-state index in [0.717, 1.165) is 43.9 Å². The fraction of sp³-hybridized carbons (Fsp3) is 0.625. The first-order valence-corrected chi connectivity index (χ1v) is 8.56. The van der Waals surface area contributed by atoms with Gasteiger partial charge in [0.05, 0.1) is 13.2 Å². The smallest absolute Gasteiger partial charge is 0.0594 e. The zero-order valence-corrected chi connectivity index (χ0v) is 14.2. The molecular weight excluding hydrogens is 330 g/mol. The van der Waals surface area contributed by atoms with Gasteiger partial charge in [0, 0.05) is 48.4 Å². The molecule has 0 radical (unpaired) electrons. The molecular formula is C16H24BrN3O. The molecule has 2 fully saturated rings. The highest BCUT2D eigenvalue weighted by Gasteiger charge is 2.29. The Labute approximate surface area is 135 Å². The van der Waals surface area contributed by atoms with Crippen molar-refractivity contribution in [2.24, 2.45) is 5.73 Å². The van der Waals surface area contributed by atoms with Crippen LogP contribution in [0.15, 0.2) is 22.7 Å². The highest BCUT2D eigenvalue weighted by molar-refractivity contribution is 9.10. The number of morpholine rings is 1. The van der Waals surface area contributed by atoms with Crippen molar-refractivity contribution < 1.29 is 4.74 Å². The van der Waals surface area contributed by atoms with Crippen molar-refractivity contribution in [2.75, 3.05) is 44.3 Å². The number of hydrogen-bond acceptors (Lipinski definition) is 4. The molecule has 0 bridgehead atoms. The number of rotatable bonds is 3. The molecule has 5 heteroatoms. The van der Waals surface area contributed by atoms with E-state index >= 15 is 0 Å². The molecule has 1 aromatic carbocycles. The maximum atomic E-state index is 5.98. The topological polar surface area (TPSA) is 41.7 Å². The zero-order chi connectivity index (χ0) is 14.8. The van der Waals surface area contributed by atoms with Crippen LogP contribution in [0.3, 0.4) is 0 Å². The van der Waals surface area contributed by atoms with Gasteiger partial charge in [0.25, 0.3) is 0 Å². The van der Waals surface area contributed by atoms with Gasteiger partial charge in [-0.05, 0) is 31.0 Å². The summed E-state index contributed by atoms with van der Waals surface area (Å²) in [5, 5.41) is 0. The van der Waals surface area contributed by atoms with E-state index < -0.39 is 0 Å². The van der Waals surface area contributed by atoms with Crippen LogP contribution in [-0.2, 0) is 4.74 Å². The minimum Gasteiger partial charge on any atom is -0.379 e. The Kier molecular flexibility index (Phi) is 4.84. The SMILES string of the molecule is CC(N)c1ccc(N2CCC(N3CCOCC3)C2)cc1Br. The zero-order valence-electron chi connectivity index (χ0n) is 12.6. The average molecular weight is 354 g/mol. The van der Waals surface area contributed by atoms with E-state index in [-0.39, 0.29) is 6.04 Å². The van der Waals surface area contributed by atoms with Gasteiger partial charge < -0.3 is 15.4 Å². The van der Waals surface area contributed by atoms with E-state index in [1.165, 1.54) is 17.7 Å². The van der Waals surface area contributed by atoms with Crippen LogP contribution in [0.4, 0.5) is 5.69 Å². The molecule has 0 aliphatic carbocycles. The van der Waals surface area contributed by atoms with Crippen LogP contribution in [0.25, 0.3) is 0 Å². The number of halogens is 1. The maximum absolute atomic E-state index is 5.98. The normalized spacial score (nSPS) is 25.3. The Hall–Kier alpha value is -0.620. The van der Waals surface area contributed by atoms with Gasteiger partial charge in [-0.15, -0.1) is 0 Å². The van der Waals surface area contributed by atoms with Crippen LogP contribution in [0.1, 0.15) is 24.9 Å². The van der Waals surface area contributed by atoms with Gasteiger partial charge >= 0.3 is 0 Å². The van der Waals surface area contributed by atoms with Crippen molar-refractivity contribution in [3.8, 4) is 0 Å². The van der Waals surface area contributed by atoms with Crippen LogP contribution >= 0.6 is 15.9 Å². The number of ether oxygens (including phenoxy) is 1. The highest BCUT2D eigenvalue weighted by atomic mass is 79.9. The molecule has 3 rings (SSSR count). The van der Waals surface area contributed by atoms with Gasteiger partial charge in [0.2, 0.25) is 0 Å². The molecule has 0 saturated carbocycles. The van der Waals surface area contributed by atoms with Gasteiger partial charge in [-0.2, -0.15) is 0 Å². The van der Waals surface area contributed by atoms with Gasteiger partial charge in [-0.3, -0.25) is 4.90 Å². The lowest BCUT2D eigenvalue weighted by Crippen LogP contribution is -2.44. The highest BCUT2D eigenvalue weighted by Crippen LogP contribution is 2.30. The van der Waals surface area contributed by atoms with Crippen LogP contribution in [0.2, 0.25) is 0 Å². The lowest BCUT2D eigenvalue weighted by molar-refractivity contribution is 0.0209. The molecule has 116 valence electrons. The second kappa shape index (κ2) is 6.65. The Balaban J connectivity index is 1.67. The van der Waals surface area contributed by atoms with E-state index in [9.17, 15) is 0 Å². The summed E-state index contributed by atoms with van der Waals surface area (Å²) in [5.41, 5.74) is 8.44. The molecule has 2 unspecified atom stereocenters. The molecule has 1 aromatic rings. The van der Waals surface area contributed by atoms with E-state index in [1.807, 2.05) is 6.92 Å². The molecule has 2 atom stereocenters. The number of hydrogen-bond donors (Lipinski definition) is 1. The molecule has 4 nitrogen and oxygen atoms in total. The monoisotopic (exact) mass is 353 g/mol. The molecule has 21 heavy (non-hydrogen) atoms. The van der Waals surface area contributed by atoms with Crippen LogP contribution in [0, 0.1) is 0 Å². The Bertz CT molecular complexity index is 488. The fourth-order valence-electron chi connectivity index (χ4n) is 3.30. The van der Waals surface area contributed by atoms with Crippen molar-refractivity contribution in [3.63, 3.8) is 0 Å². The van der Waals surface area contributed by atoms with E-state index in [0.29, 0.717) is 6.04 Å². The van der Waals surface area contributed by atoms with Crippen LogP contribution in [0.5, 0.6) is 0 Å². The van der Waals surface area contributed by atoms with Crippen molar-refractivity contribution in [1.29, 1.82) is 0 Å². The van der Waals surface area contributed by atoms with Crippen LogP contribution in [-0.4, -0.2) is 50.3 Å². The average Bonchev–Trinajstić information content (AvgIpc) is 2.97. The largest absolute Gasteiger partial charge is 0.379 e. The van der Waals surface area contributed by atoms with Gasteiger partial charge in [0.1, 0.15) is 0 Å². The Morgan fingerprint density at radius 3 is 2.71 bits per heavy atom. The molecule has 2 saturated heterocycles. The number of nitrogens with zero attached hydrogens (tertiary/aromatic N) is 2. The molecule has 2 N–H and O–H groups in total. The summed E-state index contributed by atoms with van der Waals surface area (Å²) >= 11 is 3.65. The molecule has 0 aromatic heterocycles.